The van der Waals surface area contributed by atoms with E-state index < -0.39 is 6.10 Å². The lowest BCUT2D eigenvalue weighted by molar-refractivity contribution is -0.130. The van der Waals surface area contributed by atoms with E-state index in [0.717, 1.165) is 63.4 Å². The highest BCUT2D eigenvalue weighted by Gasteiger charge is 2.22. The summed E-state index contributed by atoms with van der Waals surface area (Å²) in [7, 11) is 2.12. The fourth-order valence-electron chi connectivity index (χ4n) is 3.43. The molecule has 2 unspecified atom stereocenters. The summed E-state index contributed by atoms with van der Waals surface area (Å²) in [5.74, 6) is -0.163. The molecule has 1 N–H and O–H groups in total. The van der Waals surface area contributed by atoms with Gasteiger partial charge in [-0.25, -0.2) is 0 Å². The third-order valence-electron chi connectivity index (χ3n) is 5.24. The minimum absolute atomic E-state index is 0.0982. The molecule has 1 amide bonds. The molecule has 1 aromatic carbocycles. The topological polar surface area (TPSA) is 54.0 Å². The number of hydrogen-bond acceptors (Lipinski definition) is 5. The van der Waals surface area contributed by atoms with Crippen LogP contribution in [-0.4, -0.2) is 69.5 Å². The molecule has 0 radical (unpaired) electrons. The Labute approximate surface area is 166 Å². The lowest BCUT2D eigenvalue weighted by Gasteiger charge is -2.35. The predicted molar refractivity (Wildman–Crippen MR) is 109 cm³/mol. The van der Waals surface area contributed by atoms with Gasteiger partial charge in [0, 0.05) is 37.8 Å². The fourth-order valence-corrected chi connectivity index (χ4v) is 3.60. The second kappa shape index (κ2) is 9.73. The van der Waals surface area contributed by atoms with E-state index in [1.807, 2.05) is 18.2 Å². The Morgan fingerprint density at radius 2 is 2.11 bits per heavy atom. The Morgan fingerprint density at radius 3 is 2.81 bits per heavy atom. The van der Waals surface area contributed by atoms with Crippen molar-refractivity contribution >= 4 is 28.9 Å². The minimum atomic E-state index is -0.546. The van der Waals surface area contributed by atoms with Crippen molar-refractivity contribution in [3.05, 3.63) is 23.2 Å². The van der Waals surface area contributed by atoms with Crippen LogP contribution in [0.1, 0.15) is 26.2 Å². The number of nitrogens with one attached hydrogen (secondary N) is 1. The van der Waals surface area contributed by atoms with Crippen LogP contribution in [0.15, 0.2) is 18.2 Å². The third kappa shape index (κ3) is 5.82. The van der Waals surface area contributed by atoms with Crippen LogP contribution in [0.3, 0.4) is 0 Å². The molecule has 0 saturated carbocycles. The first-order chi connectivity index (χ1) is 13.0. The number of rotatable bonds is 6. The molecular weight excluding hydrogens is 366 g/mol. The Hall–Kier alpha value is -1.34. The van der Waals surface area contributed by atoms with Crippen molar-refractivity contribution in [2.75, 3.05) is 56.7 Å². The van der Waals surface area contributed by atoms with Gasteiger partial charge in [-0.05, 0) is 51.4 Å². The summed E-state index contributed by atoms with van der Waals surface area (Å²) >= 11 is 6.18. The van der Waals surface area contributed by atoms with E-state index in [1.54, 1.807) is 6.92 Å². The lowest BCUT2D eigenvalue weighted by Crippen LogP contribution is -2.44. The third-order valence-corrected chi connectivity index (χ3v) is 5.47. The first kappa shape index (κ1) is 20.4. The molecule has 3 rings (SSSR count). The number of carbonyl (C=O) groups is 1. The molecule has 2 heterocycles. The quantitative estimate of drug-likeness (QED) is 0.802. The number of likely N-dealkylation sites (N-methyl/N-ethyl adjacent to an activating group) is 1. The van der Waals surface area contributed by atoms with E-state index in [2.05, 4.69) is 22.2 Å². The van der Waals surface area contributed by atoms with Gasteiger partial charge in [0.2, 0.25) is 0 Å². The summed E-state index contributed by atoms with van der Waals surface area (Å²) in [4.78, 5) is 17.2. The van der Waals surface area contributed by atoms with Crippen molar-refractivity contribution in [2.24, 2.45) is 0 Å². The van der Waals surface area contributed by atoms with Gasteiger partial charge >= 0.3 is 0 Å². The molecule has 27 heavy (non-hydrogen) atoms. The summed E-state index contributed by atoms with van der Waals surface area (Å²) in [6, 6.07) is 5.65. The summed E-state index contributed by atoms with van der Waals surface area (Å²) in [5, 5.41) is 3.61. The molecule has 2 saturated heterocycles. The van der Waals surface area contributed by atoms with E-state index in [1.165, 1.54) is 0 Å². The van der Waals surface area contributed by atoms with Crippen LogP contribution in [0.25, 0.3) is 0 Å². The standard InChI is InChI=1S/C20H30ClN3O3/c1-15(27-14-17-5-3-4-12-26-17)20(25)22-18-13-16(21)6-7-19(18)24-10-8-23(2)9-11-24/h6-7,13,15,17H,3-5,8-12,14H2,1-2H3,(H,22,25). The maximum absolute atomic E-state index is 12.6. The number of halogens is 1. The number of nitrogens with zero attached hydrogens (tertiary/aromatic N) is 2. The lowest BCUT2D eigenvalue weighted by atomic mass is 10.1. The van der Waals surface area contributed by atoms with Gasteiger partial charge in [0.25, 0.3) is 5.91 Å². The van der Waals surface area contributed by atoms with Gasteiger partial charge in [-0.1, -0.05) is 11.6 Å². The highest BCUT2D eigenvalue weighted by Crippen LogP contribution is 2.30. The smallest absolute Gasteiger partial charge is 0.253 e. The first-order valence-electron chi connectivity index (χ1n) is 9.80. The number of benzene rings is 1. The minimum Gasteiger partial charge on any atom is -0.376 e. The number of anilines is 2. The van der Waals surface area contributed by atoms with E-state index in [-0.39, 0.29) is 12.0 Å². The van der Waals surface area contributed by atoms with E-state index >= 15 is 0 Å². The molecule has 150 valence electrons. The number of amides is 1. The number of carbonyl (C=O) groups excluding carboxylic acids is 1. The Morgan fingerprint density at radius 1 is 1.33 bits per heavy atom. The molecule has 0 aliphatic carbocycles. The average molecular weight is 396 g/mol. The van der Waals surface area contributed by atoms with Gasteiger partial charge in [0.15, 0.2) is 0 Å². The number of piperazine rings is 1. The zero-order valence-corrected chi connectivity index (χ0v) is 17.0. The molecule has 6 nitrogen and oxygen atoms in total. The second-order valence-electron chi connectivity index (χ2n) is 7.41. The molecular formula is C20H30ClN3O3. The first-order valence-corrected chi connectivity index (χ1v) is 10.2. The van der Waals surface area contributed by atoms with Gasteiger partial charge in [0.05, 0.1) is 24.1 Å². The van der Waals surface area contributed by atoms with Crippen molar-refractivity contribution in [3.63, 3.8) is 0 Å². The Bertz CT molecular complexity index is 629. The fraction of sp³-hybridized carbons (Fsp3) is 0.650. The van der Waals surface area contributed by atoms with E-state index in [4.69, 9.17) is 21.1 Å². The van der Waals surface area contributed by atoms with Crippen LogP contribution < -0.4 is 10.2 Å². The van der Waals surface area contributed by atoms with Crippen LogP contribution in [0.5, 0.6) is 0 Å². The van der Waals surface area contributed by atoms with Gasteiger partial charge < -0.3 is 24.6 Å². The number of ether oxygens (including phenoxy) is 2. The van der Waals surface area contributed by atoms with Crippen LogP contribution in [0.4, 0.5) is 11.4 Å². The van der Waals surface area contributed by atoms with Crippen molar-refractivity contribution in [1.29, 1.82) is 0 Å². The maximum atomic E-state index is 12.6. The van der Waals surface area contributed by atoms with Crippen LogP contribution >= 0.6 is 11.6 Å². The highest BCUT2D eigenvalue weighted by atomic mass is 35.5. The van der Waals surface area contributed by atoms with Crippen molar-refractivity contribution in [2.45, 2.75) is 38.4 Å². The van der Waals surface area contributed by atoms with Crippen LogP contribution in [-0.2, 0) is 14.3 Å². The molecule has 2 aliphatic heterocycles. The number of hydrogen-bond donors (Lipinski definition) is 1. The largest absolute Gasteiger partial charge is 0.376 e. The van der Waals surface area contributed by atoms with Gasteiger partial charge in [-0.2, -0.15) is 0 Å². The summed E-state index contributed by atoms with van der Waals surface area (Å²) in [6.45, 7) is 6.85. The van der Waals surface area contributed by atoms with Crippen LogP contribution in [0, 0.1) is 0 Å². The van der Waals surface area contributed by atoms with E-state index in [0.29, 0.717) is 11.6 Å². The zero-order valence-electron chi connectivity index (χ0n) is 16.2. The summed E-state index contributed by atoms with van der Waals surface area (Å²) in [6.07, 6.45) is 2.81. The maximum Gasteiger partial charge on any atom is 0.253 e. The zero-order chi connectivity index (χ0) is 19.2. The summed E-state index contributed by atoms with van der Waals surface area (Å²) in [5.41, 5.74) is 1.74. The Balaban J connectivity index is 1.59. The normalized spacial score (nSPS) is 22.5. The molecule has 0 spiro atoms. The monoisotopic (exact) mass is 395 g/mol. The second-order valence-corrected chi connectivity index (χ2v) is 7.84. The average Bonchev–Trinajstić information content (AvgIpc) is 2.68. The SMILES string of the molecule is CC(OCC1CCCCO1)C(=O)Nc1cc(Cl)ccc1N1CCN(C)CC1. The van der Waals surface area contributed by atoms with Gasteiger partial charge in [0.1, 0.15) is 6.10 Å². The Kier molecular flexibility index (Phi) is 7.35. The van der Waals surface area contributed by atoms with Crippen molar-refractivity contribution < 1.29 is 14.3 Å². The summed E-state index contributed by atoms with van der Waals surface area (Å²) < 4.78 is 11.4. The van der Waals surface area contributed by atoms with Crippen molar-refractivity contribution in [1.82, 2.24) is 4.90 Å². The van der Waals surface area contributed by atoms with Gasteiger partial charge in [-0.3, -0.25) is 4.79 Å². The predicted octanol–water partition coefficient (Wildman–Crippen LogP) is 3.00. The molecule has 0 aromatic heterocycles. The molecule has 2 atom stereocenters. The molecule has 0 bridgehead atoms. The van der Waals surface area contributed by atoms with Gasteiger partial charge in [-0.15, -0.1) is 0 Å². The molecule has 7 heteroatoms. The molecule has 2 fully saturated rings. The van der Waals surface area contributed by atoms with Crippen molar-refractivity contribution in [3.8, 4) is 0 Å². The molecule has 1 aromatic rings. The van der Waals surface area contributed by atoms with E-state index in [9.17, 15) is 4.79 Å². The van der Waals surface area contributed by atoms with Crippen LogP contribution in [0.2, 0.25) is 5.02 Å². The highest BCUT2D eigenvalue weighted by molar-refractivity contribution is 6.31. The molecule has 2 aliphatic rings.